The van der Waals surface area contributed by atoms with Crippen LogP contribution in [0.4, 0.5) is 11.4 Å². The molecule has 3 rings (SSSR count). The van der Waals surface area contributed by atoms with Crippen molar-refractivity contribution in [3.63, 3.8) is 0 Å². The summed E-state index contributed by atoms with van der Waals surface area (Å²) in [5.74, 6) is 0.591. The zero-order valence-corrected chi connectivity index (χ0v) is 14.4. The number of amides is 2. The van der Waals surface area contributed by atoms with Gasteiger partial charge in [-0.3, -0.25) is 14.5 Å². The Morgan fingerprint density at radius 2 is 2.00 bits per heavy atom. The molecule has 1 unspecified atom stereocenters. The van der Waals surface area contributed by atoms with Crippen LogP contribution in [0.3, 0.4) is 0 Å². The molecule has 0 radical (unpaired) electrons. The highest BCUT2D eigenvalue weighted by molar-refractivity contribution is 8.00. The Labute approximate surface area is 146 Å². The Hall–Kier alpha value is -2.27. The van der Waals surface area contributed by atoms with Gasteiger partial charge in [-0.2, -0.15) is 0 Å². The molecule has 1 N–H and O–H groups in total. The lowest BCUT2D eigenvalue weighted by Gasteiger charge is -2.24. The lowest BCUT2D eigenvalue weighted by molar-refractivity contribution is -0.116. The number of benzene rings is 2. The smallest absolute Gasteiger partial charge is 0.238 e. The molecule has 1 aliphatic rings. The maximum Gasteiger partial charge on any atom is 0.238 e. The van der Waals surface area contributed by atoms with E-state index in [-0.39, 0.29) is 17.2 Å². The van der Waals surface area contributed by atoms with Gasteiger partial charge < -0.3 is 5.32 Å². The van der Waals surface area contributed by atoms with Gasteiger partial charge in [0.25, 0.3) is 0 Å². The van der Waals surface area contributed by atoms with Crippen molar-refractivity contribution in [2.75, 3.05) is 16.0 Å². The third-order valence-electron chi connectivity index (χ3n) is 3.83. The number of hydrogen-bond donors (Lipinski definition) is 1. The van der Waals surface area contributed by atoms with Gasteiger partial charge in [0.15, 0.2) is 0 Å². The van der Waals surface area contributed by atoms with Crippen molar-refractivity contribution in [1.29, 1.82) is 0 Å². The van der Waals surface area contributed by atoms with Crippen molar-refractivity contribution in [2.24, 2.45) is 0 Å². The van der Waals surface area contributed by atoms with Gasteiger partial charge in [-0.25, -0.2) is 0 Å². The number of nitrogens with zero attached hydrogens (tertiary/aromatic N) is 1. The van der Waals surface area contributed by atoms with E-state index < -0.39 is 0 Å². The number of carbonyl (C=O) groups excluding carboxylic acids is 2. The molecule has 124 valence electrons. The molecule has 2 amide bonds. The molecule has 0 spiro atoms. The highest BCUT2D eigenvalue weighted by Crippen LogP contribution is 2.42. The highest BCUT2D eigenvalue weighted by Gasteiger charge is 2.34. The number of thioether (sulfide) groups is 1. The van der Waals surface area contributed by atoms with Crippen molar-refractivity contribution in [3.05, 3.63) is 60.2 Å². The largest absolute Gasteiger partial charge is 0.326 e. The first kappa shape index (κ1) is 16.6. The van der Waals surface area contributed by atoms with Gasteiger partial charge in [0, 0.05) is 17.8 Å². The lowest BCUT2D eigenvalue weighted by atomic mass is 10.1. The Bertz CT molecular complexity index is 733. The number of para-hydroxylation sites is 1. The van der Waals surface area contributed by atoms with E-state index in [2.05, 4.69) is 5.32 Å². The molecule has 5 heteroatoms. The van der Waals surface area contributed by atoms with E-state index >= 15 is 0 Å². The van der Waals surface area contributed by atoms with E-state index in [1.165, 1.54) is 0 Å². The number of carbonyl (C=O) groups is 2. The normalized spacial score (nSPS) is 17.1. The zero-order chi connectivity index (χ0) is 16.9. The van der Waals surface area contributed by atoms with Crippen molar-refractivity contribution in [3.8, 4) is 0 Å². The predicted molar refractivity (Wildman–Crippen MR) is 99.1 cm³/mol. The maximum absolute atomic E-state index is 12.3. The number of anilines is 2. The summed E-state index contributed by atoms with van der Waals surface area (Å²) in [6.07, 6.45) is 1.33. The molecule has 0 aliphatic carbocycles. The molecule has 1 aliphatic heterocycles. The summed E-state index contributed by atoms with van der Waals surface area (Å²) in [5, 5.41) is 2.85. The second-order valence-corrected chi connectivity index (χ2v) is 6.75. The fourth-order valence-corrected chi connectivity index (χ4v) is 3.93. The van der Waals surface area contributed by atoms with Crippen LogP contribution in [0.15, 0.2) is 54.6 Å². The lowest BCUT2D eigenvalue weighted by Crippen LogP contribution is -2.27. The molecule has 0 aromatic heterocycles. The number of rotatable bonds is 5. The molecule has 0 bridgehead atoms. The van der Waals surface area contributed by atoms with E-state index in [9.17, 15) is 9.59 Å². The van der Waals surface area contributed by atoms with Crippen molar-refractivity contribution in [1.82, 2.24) is 0 Å². The standard InChI is InChI=1S/C19H20N2O2S/c1-2-7-17(22)20-15-9-6-8-14(12-15)19-21(18(23)13-24-19)16-10-4-3-5-11-16/h3-6,8-12,19H,2,7,13H2,1H3,(H,20,22). The molecule has 4 nitrogen and oxygen atoms in total. The van der Waals surface area contributed by atoms with E-state index in [0.717, 1.165) is 23.4 Å². The van der Waals surface area contributed by atoms with Crippen molar-refractivity contribution in [2.45, 2.75) is 25.1 Å². The summed E-state index contributed by atoms with van der Waals surface area (Å²) in [5.41, 5.74) is 2.70. The molecule has 1 fully saturated rings. The van der Waals surface area contributed by atoms with Gasteiger partial charge in [0.05, 0.1) is 5.75 Å². The fraction of sp³-hybridized carbons (Fsp3) is 0.263. The molecule has 1 saturated heterocycles. The topological polar surface area (TPSA) is 49.4 Å². The van der Waals surface area contributed by atoms with Gasteiger partial charge in [0.2, 0.25) is 11.8 Å². The van der Waals surface area contributed by atoms with E-state index in [4.69, 9.17) is 0 Å². The molecular formula is C19H20N2O2S. The minimum atomic E-state index is -0.0667. The molecule has 1 atom stereocenters. The first-order valence-corrected chi connectivity index (χ1v) is 9.12. The van der Waals surface area contributed by atoms with Gasteiger partial charge in [-0.1, -0.05) is 37.3 Å². The van der Waals surface area contributed by atoms with Crippen LogP contribution in [0.25, 0.3) is 0 Å². The van der Waals surface area contributed by atoms with E-state index in [0.29, 0.717) is 12.2 Å². The van der Waals surface area contributed by atoms with Crippen LogP contribution >= 0.6 is 11.8 Å². The van der Waals surface area contributed by atoms with Crippen LogP contribution in [0.1, 0.15) is 30.7 Å². The SMILES string of the molecule is CCCC(=O)Nc1cccc(C2SCC(=O)N2c2ccccc2)c1. The second kappa shape index (κ2) is 7.53. The van der Waals surface area contributed by atoms with Crippen LogP contribution in [0, 0.1) is 0 Å². The van der Waals surface area contributed by atoms with Crippen molar-refractivity contribution < 1.29 is 9.59 Å². The zero-order valence-electron chi connectivity index (χ0n) is 13.6. The quantitative estimate of drug-likeness (QED) is 0.887. The maximum atomic E-state index is 12.3. The second-order valence-electron chi connectivity index (χ2n) is 5.69. The Morgan fingerprint density at radius 1 is 1.21 bits per heavy atom. The van der Waals surface area contributed by atoms with Gasteiger partial charge in [0.1, 0.15) is 5.37 Å². The fourth-order valence-electron chi connectivity index (χ4n) is 2.76. The average Bonchev–Trinajstić information content (AvgIpc) is 2.98. The summed E-state index contributed by atoms with van der Waals surface area (Å²) in [7, 11) is 0. The molecular weight excluding hydrogens is 320 g/mol. The van der Waals surface area contributed by atoms with Crippen LogP contribution in [-0.2, 0) is 9.59 Å². The highest BCUT2D eigenvalue weighted by atomic mass is 32.2. The van der Waals surface area contributed by atoms with Crippen LogP contribution in [-0.4, -0.2) is 17.6 Å². The van der Waals surface area contributed by atoms with Gasteiger partial charge in [-0.15, -0.1) is 11.8 Å². The predicted octanol–water partition coefficient (Wildman–Crippen LogP) is 4.20. The summed E-state index contributed by atoms with van der Waals surface area (Å²) < 4.78 is 0. The summed E-state index contributed by atoms with van der Waals surface area (Å²) >= 11 is 1.61. The van der Waals surface area contributed by atoms with Crippen LogP contribution in [0.5, 0.6) is 0 Å². The number of nitrogens with one attached hydrogen (secondary N) is 1. The monoisotopic (exact) mass is 340 g/mol. The molecule has 1 heterocycles. The van der Waals surface area contributed by atoms with E-state index in [1.807, 2.05) is 66.4 Å². The first-order valence-electron chi connectivity index (χ1n) is 8.07. The first-order chi connectivity index (χ1) is 11.7. The Morgan fingerprint density at radius 3 is 2.75 bits per heavy atom. The Kier molecular flexibility index (Phi) is 5.20. The molecule has 24 heavy (non-hydrogen) atoms. The van der Waals surface area contributed by atoms with Crippen LogP contribution in [0.2, 0.25) is 0 Å². The molecule has 0 saturated carbocycles. The van der Waals surface area contributed by atoms with E-state index in [1.54, 1.807) is 11.8 Å². The summed E-state index contributed by atoms with van der Waals surface area (Å²) in [4.78, 5) is 26.0. The Balaban J connectivity index is 1.85. The average molecular weight is 340 g/mol. The minimum absolute atomic E-state index is 0.0183. The minimum Gasteiger partial charge on any atom is -0.326 e. The third-order valence-corrected chi connectivity index (χ3v) is 5.05. The summed E-state index contributed by atoms with van der Waals surface area (Å²) in [6, 6.07) is 17.5. The molecule has 2 aromatic rings. The van der Waals surface area contributed by atoms with Gasteiger partial charge in [-0.05, 0) is 36.2 Å². The number of hydrogen-bond acceptors (Lipinski definition) is 3. The molecule has 2 aromatic carbocycles. The third kappa shape index (κ3) is 3.62. The van der Waals surface area contributed by atoms with Crippen molar-refractivity contribution >= 4 is 35.0 Å². The van der Waals surface area contributed by atoms with Crippen LogP contribution < -0.4 is 10.2 Å². The van der Waals surface area contributed by atoms with Gasteiger partial charge >= 0.3 is 0 Å². The summed E-state index contributed by atoms with van der Waals surface area (Å²) in [6.45, 7) is 1.98.